The van der Waals surface area contributed by atoms with Crippen LogP contribution in [0.15, 0.2) is 30.3 Å². The Kier molecular flexibility index (Phi) is 2.74. The summed E-state index contributed by atoms with van der Waals surface area (Å²) in [6.07, 6.45) is 3.57. The van der Waals surface area contributed by atoms with Crippen LogP contribution in [0.2, 0.25) is 0 Å². The fourth-order valence-electron chi connectivity index (χ4n) is 4.08. The third kappa shape index (κ3) is 1.73. The molecule has 2 fully saturated rings. The quantitative estimate of drug-likeness (QED) is 0.748. The number of ether oxygens (including phenoxy) is 1. The molecular formula is C17H22O2. The Labute approximate surface area is 115 Å². The van der Waals surface area contributed by atoms with Crippen molar-refractivity contribution >= 4 is 5.97 Å². The monoisotopic (exact) mass is 258 g/mol. The Morgan fingerprint density at radius 2 is 1.89 bits per heavy atom. The van der Waals surface area contributed by atoms with Crippen LogP contribution in [-0.4, -0.2) is 12.1 Å². The van der Waals surface area contributed by atoms with Gasteiger partial charge in [-0.3, -0.25) is 0 Å². The first-order valence-electron chi connectivity index (χ1n) is 7.21. The number of fused-ring (bicyclic) bond motifs is 2. The molecule has 19 heavy (non-hydrogen) atoms. The average molecular weight is 258 g/mol. The summed E-state index contributed by atoms with van der Waals surface area (Å²) >= 11 is 0. The number of hydrogen-bond acceptors (Lipinski definition) is 2. The molecule has 3 atom stereocenters. The molecule has 1 aromatic carbocycles. The summed E-state index contributed by atoms with van der Waals surface area (Å²) in [5, 5.41) is 0. The molecule has 2 nitrogen and oxygen atoms in total. The summed E-state index contributed by atoms with van der Waals surface area (Å²) in [5.41, 5.74) is 1.09. The van der Waals surface area contributed by atoms with Crippen molar-refractivity contribution in [3.8, 4) is 0 Å². The lowest BCUT2D eigenvalue weighted by Gasteiger charge is -2.38. The van der Waals surface area contributed by atoms with Crippen molar-refractivity contribution in [1.82, 2.24) is 0 Å². The smallest absolute Gasteiger partial charge is 0.338 e. The second-order valence-corrected chi connectivity index (χ2v) is 6.87. The first-order chi connectivity index (χ1) is 8.95. The number of esters is 1. The van der Waals surface area contributed by atoms with Crippen molar-refractivity contribution in [2.24, 2.45) is 16.7 Å². The van der Waals surface area contributed by atoms with Gasteiger partial charge >= 0.3 is 5.97 Å². The number of carbonyl (C=O) groups is 1. The second kappa shape index (κ2) is 4.09. The Balaban J connectivity index is 1.78. The maximum atomic E-state index is 12.2. The minimum absolute atomic E-state index is 0.0777. The molecule has 0 amide bonds. The van der Waals surface area contributed by atoms with Gasteiger partial charge in [-0.15, -0.1) is 0 Å². The standard InChI is InChI=1S/C17H22O2/c1-16(2)13-9-10-17(16,3)14(11-13)19-15(18)12-7-5-4-6-8-12/h4-8,13-14H,9-11H2,1-3H3/t13-,14+,17-/m1/s1. The highest BCUT2D eigenvalue weighted by molar-refractivity contribution is 5.89. The maximum absolute atomic E-state index is 12.2. The first kappa shape index (κ1) is 12.7. The van der Waals surface area contributed by atoms with E-state index in [2.05, 4.69) is 20.8 Å². The van der Waals surface area contributed by atoms with E-state index in [1.165, 1.54) is 12.8 Å². The summed E-state index contributed by atoms with van der Waals surface area (Å²) in [6, 6.07) is 9.32. The van der Waals surface area contributed by atoms with Crippen LogP contribution in [0.1, 0.15) is 50.4 Å². The van der Waals surface area contributed by atoms with Crippen LogP contribution in [0, 0.1) is 16.7 Å². The van der Waals surface area contributed by atoms with Crippen molar-refractivity contribution < 1.29 is 9.53 Å². The molecule has 0 saturated heterocycles. The van der Waals surface area contributed by atoms with Gasteiger partial charge in [0.25, 0.3) is 0 Å². The largest absolute Gasteiger partial charge is 0.458 e. The molecule has 0 radical (unpaired) electrons. The van der Waals surface area contributed by atoms with Crippen molar-refractivity contribution in [1.29, 1.82) is 0 Å². The highest BCUT2D eigenvalue weighted by Crippen LogP contribution is 2.66. The van der Waals surface area contributed by atoms with Crippen molar-refractivity contribution in [2.75, 3.05) is 0 Å². The van der Waals surface area contributed by atoms with E-state index in [0.29, 0.717) is 11.5 Å². The molecule has 2 aliphatic carbocycles. The zero-order valence-corrected chi connectivity index (χ0v) is 12.0. The van der Waals surface area contributed by atoms with E-state index >= 15 is 0 Å². The van der Waals surface area contributed by atoms with Gasteiger partial charge in [0.1, 0.15) is 6.10 Å². The van der Waals surface area contributed by atoms with Crippen molar-refractivity contribution in [3.63, 3.8) is 0 Å². The Bertz CT molecular complexity index is 491. The minimum Gasteiger partial charge on any atom is -0.458 e. The number of rotatable bonds is 2. The van der Waals surface area contributed by atoms with Crippen LogP contribution in [-0.2, 0) is 4.74 Å². The lowest BCUT2D eigenvalue weighted by atomic mass is 9.70. The van der Waals surface area contributed by atoms with E-state index in [-0.39, 0.29) is 22.9 Å². The molecule has 2 aliphatic rings. The maximum Gasteiger partial charge on any atom is 0.338 e. The molecule has 2 heteroatoms. The van der Waals surface area contributed by atoms with Gasteiger partial charge < -0.3 is 4.74 Å². The van der Waals surface area contributed by atoms with E-state index in [4.69, 9.17) is 4.74 Å². The Morgan fingerprint density at radius 1 is 1.21 bits per heavy atom. The van der Waals surface area contributed by atoms with Crippen LogP contribution < -0.4 is 0 Å². The summed E-state index contributed by atoms with van der Waals surface area (Å²) in [4.78, 5) is 12.2. The van der Waals surface area contributed by atoms with E-state index in [1.807, 2.05) is 30.3 Å². The molecule has 0 aromatic heterocycles. The first-order valence-corrected chi connectivity index (χ1v) is 7.21. The average Bonchev–Trinajstić information content (AvgIpc) is 2.73. The van der Waals surface area contributed by atoms with Gasteiger partial charge in [-0.1, -0.05) is 39.0 Å². The Morgan fingerprint density at radius 3 is 2.42 bits per heavy atom. The third-order valence-corrected chi connectivity index (χ3v) is 5.97. The number of carbonyl (C=O) groups excluding carboxylic acids is 1. The Hall–Kier alpha value is -1.31. The molecule has 0 heterocycles. The molecule has 102 valence electrons. The van der Waals surface area contributed by atoms with Gasteiger partial charge in [-0.2, -0.15) is 0 Å². The van der Waals surface area contributed by atoms with Crippen LogP contribution in [0.4, 0.5) is 0 Å². The SMILES string of the molecule is CC1(C)[C@@H]2CC[C@]1(C)[C@@H](OC(=O)c1ccccc1)C2. The number of hydrogen-bond donors (Lipinski definition) is 0. The normalized spacial score (nSPS) is 35.3. The van der Waals surface area contributed by atoms with E-state index < -0.39 is 0 Å². The van der Waals surface area contributed by atoms with E-state index in [0.717, 1.165) is 6.42 Å². The van der Waals surface area contributed by atoms with Crippen molar-refractivity contribution in [3.05, 3.63) is 35.9 Å². The summed E-state index contributed by atoms with van der Waals surface area (Å²) < 4.78 is 5.83. The fraction of sp³-hybridized carbons (Fsp3) is 0.588. The predicted molar refractivity (Wildman–Crippen MR) is 74.9 cm³/mol. The zero-order chi connectivity index (χ0) is 13.7. The fourth-order valence-corrected chi connectivity index (χ4v) is 4.08. The molecule has 1 aromatic rings. The van der Waals surface area contributed by atoms with Crippen LogP contribution in [0.3, 0.4) is 0 Å². The summed E-state index contributed by atoms with van der Waals surface area (Å²) in [5.74, 6) is 0.529. The lowest BCUT2D eigenvalue weighted by molar-refractivity contribution is -0.0242. The molecule has 2 saturated carbocycles. The zero-order valence-electron chi connectivity index (χ0n) is 12.0. The highest BCUT2D eigenvalue weighted by atomic mass is 16.5. The van der Waals surface area contributed by atoms with Crippen LogP contribution in [0.25, 0.3) is 0 Å². The van der Waals surface area contributed by atoms with E-state index in [9.17, 15) is 4.79 Å². The van der Waals surface area contributed by atoms with Gasteiger partial charge in [-0.05, 0) is 42.7 Å². The van der Waals surface area contributed by atoms with Crippen LogP contribution in [0.5, 0.6) is 0 Å². The van der Waals surface area contributed by atoms with Gasteiger partial charge in [0, 0.05) is 5.41 Å². The van der Waals surface area contributed by atoms with Gasteiger partial charge in [-0.25, -0.2) is 4.79 Å². The molecule has 0 N–H and O–H groups in total. The molecule has 0 spiro atoms. The predicted octanol–water partition coefficient (Wildman–Crippen LogP) is 4.06. The molecule has 2 bridgehead atoms. The summed E-state index contributed by atoms with van der Waals surface area (Å²) in [6.45, 7) is 6.96. The van der Waals surface area contributed by atoms with Gasteiger partial charge in [0.15, 0.2) is 0 Å². The molecule has 0 unspecified atom stereocenters. The molecular weight excluding hydrogens is 236 g/mol. The summed E-state index contributed by atoms with van der Waals surface area (Å²) in [7, 11) is 0. The molecule has 3 rings (SSSR count). The second-order valence-electron chi connectivity index (χ2n) is 6.87. The minimum atomic E-state index is -0.171. The van der Waals surface area contributed by atoms with Crippen molar-refractivity contribution in [2.45, 2.75) is 46.1 Å². The van der Waals surface area contributed by atoms with Crippen LogP contribution >= 0.6 is 0 Å². The molecule has 0 aliphatic heterocycles. The van der Waals surface area contributed by atoms with Gasteiger partial charge in [0.2, 0.25) is 0 Å². The van der Waals surface area contributed by atoms with Gasteiger partial charge in [0.05, 0.1) is 5.56 Å². The number of benzene rings is 1. The lowest BCUT2D eigenvalue weighted by Crippen LogP contribution is -2.38. The highest BCUT2D eigenvalue weighted by Gasteiger charge is 2.62. The third-order valence-electron chi connectivity index (χ3n) is 5.97. The van der Waals surface area contributed by atoms with E-state index in [1.54, 1.807) is 0 Å². The topological polar surface area (TPSA) is 26.3 Å².